The summed E-state index contributed by atoms with van der Waals surface area (Å²) in [6, 6.07) is 65.1. The molecular weight excluding hydrogens is 1030 g/mol. The highest BCUT2D eigenvalue weighted by Crippen LogP contribution is 2.44. The number of aromatic nitrogens is 1. The van der Waals surface area contributed by atoms with Gasteiger partial charge in [0.1, 0.15) is 28.3 Å². The molecule has 12 nitrogen and oxygen atoms in total. The average molecular weight is 1080 g/mol. The van der Waals surface area contributed by atoms with Gasteiger partial charge in [-0.2, -0.15) is 0 Å². The number of methoxy groups -OCH3 is 1. The number of benzene rings is 7. The van der Waals surface area contributed by atoms with Crippen LogP contribution in [0.15, 0.2) is 246 Å². The first kappa shape index (κ1) is 53.1. The van der Waals surface area contributed by atoms with Crippen LogP contribution in [0.3, 0.4) is 0 Å². The van der Waals surface area contributed by atoms with Crippen molar-refractivity contribution in [1.82, 2.24) is 15.2 Å². The lowest BCUT2D eigenvalue weighted by Gasteiger charge is -2.49. The molecule has 0 aliphatic carbocycles. The molecule has 14 heteroatoms. The highest BCUT2D eigenvalue weighted by atomic mass is 32.2. The van der Waals surface area contributed by atoms with E-state index in [4.69, 9.17) is 19.3 Å². The van der Waals surface area contributed by atoms with Crippen molar-refractivity contribution in [3.05, 3.63) is 286 Å². The Morgan fingerprint density at radius 2 is 1.20 bits per heavy atom. The molecular formula is C65H53N5O7S2. The number of carbonyl (C=O) groups excluding carboxylic acids is 4. The lowest BCUT2D eigenvalue weighted by Crippen LogP contribution is -2.71. The Morgan fingerprint density at radius 1 is 0.722 bits per heavy atom. The number of esters is 2. The van der Waals surface area contributed by atoms with Crippen LogP contribution in [-0.4, -0.2) is 63.6 Å². The third-order valence-electron chi connectivity index (χ3n) is 13.5. The van der Waals surface area contributed by atoms with Gasteiger partial charge >= 0.3 is 11.9 Å². The number of allylic oxidation sites excluding steroid dienone is 2. The van der Waals surface area contributed by atoms with E-state index in [-0.39, 0.29) is 22.9 Å². The van der Waals surface area contributed by atoms with Crippen molar-refractivity contribution in [2.24, 2.45) is 5.16 Å². The second-order valence-corrected chi connectivity index (χ2v) is 20.3. The van der Waals surface area contributed by atoms with E-state index < -0.39 is 52.4 Å². The minimum Gasteiger partial charge on any atom is -0.465 e. The standard InChI is InChI=1S/C65H53N5O7S2/c1-3-4-5-13-32-47-43-78-60-55(59(72)70(60)56(47)61(73)76-57(45-28-14-6-15-29-45)46-30-16-7-17-31-46)67-58(71)54(69-77-65(62(74)75-2,51-39-24-11-25-40-51)52-41-26-12-27-42-52)53-44-79-63(66-53)68-64(48-33-18-8-19-34-48,49-35-20-9-21-36-49)50-37-22-10-23-38-50/h6-42,44,55,57,60H,3,43H2,1-2H3,(H,66,68)(H,67,71)/t55-,60-/m1/s1. The van der Waals surface area contributed by atoms with E-state index >= 15 is 4.79 Å². The van der Waals surface area contributed by atoms with E-state index in [0.29, 0.717) is 28.3 Å². The van der Waals surface area contributed by atoms with Crippen LogP contribution >= 0.6 is 23.1 Å². The molecule has 2 aliphatic heterocycles. The number of β-lactam (4-membered cyclic amide) rings is 1. The fraction of sp³-hybridized carbons (Fsp3) is 0.138. The summed E-state index contributed by atoms with van der Waals surface area (Å²) in [6.07, 6.45) is 3.22. The molecule has 0 spiro atoms. The minimum atomic E-state index is -2.02. The van der Waals surface area contributed by atoms with E-state index in [9.17, 15) is 14.4 Å². The summed E-state index contributed by atoms with van der Waals surface area (Å²) in [5.41, 5.74) is 2.30. The Kier molecular flexibility index (Phi) is 16.4. The van der Waals surface area contributed by atoms with Crippen molar-refractivity contribution in [2.75, 3.05) is 18.2 Å². The number of thiazole rings is 1. The first-order chi connectivity index (χ1) is 38.8. The number of rotatable bonds is 18. The second-order valence-electron chi connectivity index (χ2n) is 18.3. The van der Waals surface area contributed by atoms with E-state index in [1.165, 1.54) is 35.1 Å². The van der Waals surface area contributed by atoms with Gasteiger partial charge in [-0.15, -0.1) is 23.1 Å². The summed E-state index contributed by atoms with van der Waals surface area (Å²) in [5, 5.41) is 12.6. The number of carbonyl (C=O) groups is 4. The van der Waals surface area contributed by atoms with Crippen molar-refractivity contribution >= 4 is 57.7 Å². The molecule has 2 amide bonds. The first-order valence-electron chi connectivity index (χ1n) is 25.6. The van der Waals surface area contributed by atoms with Gasteiger partial charge in [-0.05, 0) is 45.5 Å². The number of amides is 2. The Labute approximate surface area is 466 Å². The molecule has 1 saturated heterocycles. The zero-order valence-corrected chi connectivity index (χ0v) is 44.7. The van der Waals surface area contributed by atoms with Gasteiger partial charge < -0.3 is 24.9 Å². The zero-order chi connectivity index (χ0) is 54.6. The Hall–Kier alpha value is -9.29. The van der Waals surface area contributed by atoms with Crippen LogP contribution < -0.4 is 10.6 Å². The molecule has 2 N–H and O–H groups in total. The van der Waals surface area contributed by atoms with Gasteiger partial charge in [0.05, 0.1) is 7.11 Å². The van der Waals surface area contributed by atoms with Gasteiger partial charge in [-0.1, -0.05) is 236 Å². The molecule has 0 radical (unpaired) electrons. The van der Waals surface area contributed by atoms with Crippen molar-refractivity contribution in [3.8, 4) is 11.8 Å². The Bertz CT molecular complexity index is 3410. The Morgan fingerprint density at radius 3 is 1.68 bits per heavy atom. The van der Waals surface area contributed by atoms with Crippen LogP contribution in [0.4, 0.5) is 5.13 Å². The molecule has 1 fully saturated rings. The molecule has 1 aromatic heterocycles. The third-order valence-corrected chi connectivity index (χ3v) is 15.6. The van der Waals surface area contributed by atoms with Crippen LogP contribution in [0.2, 0.25) is 0 Å². The number of ether oxygens (including phenoxy) is 2. The average Bonchev–Trinajstić information content (AvgIpc) is 4.14. The number of nitrogens with zero attached hydrogens (tertiary/aromatic N) is 3. The maximum Gasteiger partial charge on any atom is 0.362 e. The maximum absolute atomic E-state index is 15.3. The molecule has 0 saturated carbocycles. The normalized spacial score (nSPS) is 15.3. The van der Waals surface area contributed by atoms with Crippen LogP contribution in [0.25, 0.3) is 0 Å². The number of nitrogens with one attached hydrogen (secondary N) is 2. The highest BCUT2D eigenvalue weighted by Gasteiger charge is 2.55. The predicted molar refractivity (Wildman–Crippen MR) is 308 cm³/mol. The van der Waals surface area contributed by atoms with Crippen molar-refractivity contribution in [1.29, 1.82) is 0 Å². The van der Waals surface area contributed by atoms with Gasteiger partial charge in [-0.3, -0.25) is 14.5 Å². The second kappa shape index (κ2) is 24.4. The molecule has 0 bridgehead atoms. The van der Waals surface area contributed by atoms with E-state index in [0.717, 1.165) is 27.8 Å². The predicted octanol–water partition coefficient (Wildman–Crippen LogP) is 11.3. The number of thioether (sulfide) groups is 1. The summed E-state index contributed by atoms with van der Waals surface area (Å²) >= 11 is 2.60. The fourth-order valence-corrected chi connectivity index (χ4v) is 11.8. The van der Waals surface area contributed by atoms with Crippen molar-refractivity contribution < 1.29 is 33.5 Å². The fourth-order valence-electron chi connectivity index (χ4n) is 9.75. The van der Waals surface area contributed by atoms with Crippen LogP contribution in [0, 0.1) is 11.8 Å². The quantitative estimate of drug-likeness (QED) is 0.0212. The summed E-state index contributed by atoms with van der Waals surface area (Å²) in [4.78, 5) is 72.1. The third kappa shape index (κ3) is 10.9. The Balaban J connectivity index is 1.04. The molecule has 2 aliphatic rings. The maximum atomic E-state index is 15.3. The molecule has 10 rings (SSSR count). The summed E-state index contributed by atoms with van der Waals surface area (Å²) in [7, 11) is 1.25. The number of oxime groups is 1. The molecule has 0 unspecified atom stereocenters. The number of fused-ring (bicyclic) bond motifs is 1. The van der Waals surface area contributed by atoms with Crippen molar-refractivity contribution in [2.45, 2.75) is 42.0 Å². The van der Waals surface area contributed by atoms with E-state index in [2.05, 4.69) is 27.6 Å². The topological polar surface area (TPSA) is 149 Å². The van der Waals surface area contributed by atoms with Gasteiger partial charge in [-0.25, -0.2) is 14.6 Å². The zero-order valence-electron chi connectivity index (χ0n) is 43.1. The van der Waals surface area contributed by atoms with Gasteiger partial charge in [0.15, 0.2) is 16.9 Å². The van der Waals surface area contributed by atoms with E-state index in [1.807, 2.05) is 159 Å². The largest absolute Gasteiger partial charge is 0.465 e. The van der Waals surface area contributed by atoms with Gasteiger partial charge in [0.25, 0.3) is 17.4 Å². The smallest absolute Gasteiger partial charge is 0.362 e. The summed E-state index contributed by atoms with van der Waals surface area (Å²) in [6.45, 7) is 1.94. The SMILES string of the molecule is CCC#CC=CC1=C(C(=O)OC(c2ccccc2)c2ccccc2)N2C(=O)[C@@H](NC(=O)C(=NOC(C(=O)OC)(c3ccccc3)c3ccccc3)c3csc(NC(c4ccccc4)(c4ccccc4)c4ccccc4)n3)[C@H]2SC1. The lowest BCUT2D eigenvalue weighted by atomic mass is 9.77. The monoisotopic (exact) mass is 1080 g/mol. The lowest BCUT2D eigenvalue weighted by molar-refractivity contribution is -0.165. The highest BCUT2D eigenvalue weighted by molar-refractivity contribution is 8.00. The molecule has 3 heterocycles. The van der Waals surface area contributed by atoms with Gasteiger partial charge in [0, 0.05) is 28.7 Å². The van der Waals surface area contributed by atoms with Crippen LogP contribution in [0.5, 0.6) is 0 Å². The molecule has 7 aromatic carbocycles. The van der Waals surface area contributed by atoms with Crippen LogP contribution in [-0.2, 0) is 44.6 Å². The number of anilines is 1. The number of hydrogen-bond donors (Lipinski definition) is 2. The molecule has 2 atom stereocenters. The molecule has 79 heavy (non-hydrogen) atoms. The molecule has 392 valence electrons. The minimum absolute atomic E-state index is 0.0467. The number of hydrogen-bond acceptors (Lipinski definition) is 12. The summed E-state index contributed by atoms with van der Waals surface area (Å²) < 4.78 is 11.8. The first-order valence-corrected chi connectivity index (χ1v) is 27.5. The van der Waals surface area contributed by atoms with Gasteiger partial charge in [0.2, 0.25) is 0 Å². The van der Waals surface area contributed by atoms with E-state index in [1.54, 1.807) is 78.2 Å². The van der Waals surface area contributed by atoms with Crippen LogP contribution in [0.1, 0.15) is 64.1 Å². The summed E-state index contributed by atoms with van der Waals surface area (Å²) in [5.74, 6) is 3.37. The van der Waals surface area contributed by atoms with Crippen molar-refractivity contribution in [3.63, 3.8) is 0 Å². The molecule has 8 aromatic rings.